The second kappa shape index (κ2) is 10.2. The average molecular weight is 529 g/mol. The molecule has 1 nitrogen and oxygen atoms in total. The molecule has 0 saturated carbocycles. The van der Waals surface area contributed by atoms with Crippen molar-refractivity contribution in [1.82, 2.24) is 4.57 Å². The molecular weight excluding hydrogens is 504 g/mol. The molecule has 0 fully saturated rings. The van der Waals surface area contributed by atoms with Gasteiger partial charge in [-0.1, -0.05) is 0 Å². The number of allylic oxidation sites excluding steroid dienone is 5. The van der Waals surface area contributed by atoms with Gasteiger partial charge in [-0.3, -0.25) is 0 Å². The first-order valence-electron chi connectivity index (χ1n) is 11.3. The van der Waals surface area contributed by atoms with Crippen LogP contribution >= 0.6 is 0 Å². The summed E-state index contributed by atoms with van der Waals surface area (Å²) in [6, 6.07) is 31.1. The maximum Gasteiger partial charge on any atom is -1.00 e. The van der Waals surface area contributed by atoms with Gasteiger partial charge in [0.1, 0.15) is 0 Å². The summed E-state index contributed by atoms with van der Waals surface area (Å²) in [6.45, 7) is 2.25. The molecule has 0 N–H and O–H groups in total. The van der Waals surface area contributed by atoms with E-state index in [1.165, 1.54) is 39.0 Å². The first kappa shape index (κ1) is 24.3. The van der Waals surface area contributed by atoms with Gasteiger partial charge in [-0.25, -0.2) is 0 Å². The molecule has 0 spiro atoms. The van der Waals surface area contributed by atoms with Crippen molar-refractivity contribution in [3.8, 4) is 0 Å². The van der Waals surface area contributed by atoms with E-state index < -0.39 is 23.2 Å². The third-order valence-electron chi connectivity index (χ3n) is 6.64. The van der Waals surface area contributed by atoms with Gasteiger partial charge >= 0.3 is 202 Å². The monoisotopic (exact) mass is 527 g/mol. The van der Waals surface area contributed by atoms with Crippen molar-refractivity contribution in [2.24, 2.45) is 0 Å². The second-order valence-corrected chi connectivity index (χ2v) is 12.3. The van der Waals surface area contributed by atoms with E-state index in [0.717, 1.165) is 12.8 Å². The normalized spacial score (nSPS) is 16.0. The van der Waals surface area contributed by atoms with Crippen LogP contribution in [0, 0.1) is 6.92 Å². The van der Waals surface area contributed by atoms with Crippen LogP contribution in [-0.4, -0.2) is 4.57 Å². The minimum absolute atomic E-state index is 0. The summed E-state index contributed by atoms with van der Waals surface area (Å²) < 4.78 is 4.82. The van der Waals surface area contributed by atoms with Crippen LogP contribution in [0.25, 0.3) is 22.7 Å². The number of rotatable bonds is 5. The number of para-hydroxylation sites is 1. The molecule has 1 unspecified atom stereocenters. The molecule has 1 atom stereocenters. The topological polar surface area (TPSA) is 4.93 Å². The van der Waals surface area contributed by atoms with Crippen molar-refractivity contribution in [3.05, 3.63) is 128 Å². The van der Waals surface area contributed by atoms with E-state index in [9.17, 15) is 0 Å². The van der Waals surface area contributed by atoms with Gasteiger partial charge in [0.2, 0.25) is 0 Å². The summed E-state index contributed by atoms with van der Waals surface area (Å²) in [5, 5.41) is 1.33. The smallest absolute Gasteiger partial charge is 1.00 e. The number of hydrogen-bond acceptors (Lipinski definition) is 0. The van der Waals surface area contributed by atoms with Crippen LogP contribution in [-0.2, 0) is 29.7 Å². The van der Waals surface area contributed by atoms with Gasteiger partial charge in [-0.2, -0.15) is 0 Å². The van der Waals surface area contributed by atoms with Gasteiger partial charge in [0.25, 0.3) is 0 Å². The summed E-state index contributed by atoms with van der Waals surface area (Å²) in [4.78, 5) is 0. The second-order valence-electron chi connectivity index (χ2n) is 8.73. The fourth-order valence-corrected chi connectivity index (χ4v) is 9.37. The van der Waals surface area contributed by atoms with Crippen molar-refractivity contribution in [3.63, 3.8) is 0 Å². The van der Waals surface area contributed by atoms with Gasteiger partial charge < -0.3 is 9.41 Å². The number of aryl methyl sites for hydroxylation is 1. The largest absolute Gasteiger partial charge is 1.00 e. The SMILES string of the molecule is Cc1cc2ccccc2n1C1=Cc2ccccc2[CH]1[Zr+2][C]1=C(Cc2ccccc2)C=CC1.[F-].[F-]. The Kier molecular flexibility index (Phi) is 7.28. The molecule has 3 aromatic carbocycles. The average Bonchev–Trinajstić information content (AvgIpc) is 3.50. The van der Waals surface area contributed by atoms with Gasteiger partial charge in [-0.15, -0.1) is 0 Å². The Morgan fingerprint density at radius 3 is 2.47 bits per heavy atom. The van der Waals surface area contributed by atoms with E-state index in [2.05, 4.69) is 115 Å². The van der Waals surface area contributed by atoms with E-state index in [1.54, 1.807) is 8.85 Å². The van der Waals surface area contributed by atoms with Crippen molar-refractivity contribution in [2.75, 3.05) is 0 Å². The third-order valence-corrected chi connectivity index (χ3v) is 11.0. The number of halogens is 2. The molecule has 6 rings (SSSR count). The van der Waals surface area contributed by atoms with Crippen LogP contribution < -0.4 is 9.41 Å². The van der Waals surface area contributed by atoms with Crippen LogP contribution in [0.1, 0.15) is 32.4 Å². The molecule has 4 aromatic rings. The van der Waals surface area contributed by atoms with Crippen molar-refractivity contribution >= 4 is 22.7 Å². The van der Waals surface area contributed by atoms with Gasteiger partial charge in [0, 0.05) is 0 Å². The molecule has 1 aromatic heterocycles. The summed E-state index contributed by atoms with van der Waals surface area (Å²) >= 11 is -0.891. The molecule has 168 valence electrons. The number of aromatic nitrogens is 1. The molecular formula is C30H25F2NZr. The number of benzene rings is 3. The molecule has 2 aliphatic carbocycles. The summed E-state index contributed by atoms with van der Waals surface area (Å²) in [6.07, 6.45) is 9.44. The summed E-state index contributed by atoms with van der Waals surface area (Å²) in [5.74, 6) is 0. The molecule has 34 heavy (non-hydrogen) atoms. The van der Waals surface area contributed by atoms with E-state index in [0.29, 0.717) is 3.63 Å². The van der Waals surface area contributed by atoms with Gasteiger partial charge in [-0.05, 0) is 0 Å². The fraction of sp³-hybridized carbons (Fsp3) is 0.133. The maximum absolute atomic E-state index is 2.53. The van der Waals surface area contributed by atoms with E-state index in [4.69, 9.17) is 0 Å². The van der Waals surface area contributed by atoms with E-state index >= 15 is 0 Å². The molecule has 0 bridgehead atoms. The zero-order valence-corrected chi connectivity index (χ0v) is 21.5. The Bertz CT molecular complexity index is 1410. The number of nitrogens with zero attached hydrogens (tertiary/aromatic N) is 1. The van der Waals surface area contributed by atoms with Crippen LogP contribution in [0.3, 0.4) is 0 Å². The Hall–Kier alpha value is -2.84. The third kappa shape index (κ3) is 4.32. The predicted molar refractivity (Wildman–Crippen MR) is 131 cm³/mol. The summed E-state index contributed by atoms with van der Waals surface area (Å²) in [7, 11) is 0. The molecule has 4 heteroatoms. The first-order chi connectivity index (χ1) is 15.8. The van der Waals surface area contributed by atoms with Crippen molar-refractivity contribution < 1.29 is 32.6 Å². The van der Waals surface area contributed by atoms with Crippen LogP contribution in [0.4, 0.5) is 0 Å². The van der Waals surface area contributed by atoms with Gasteiger partial charge in [0.15, 0.2) is 0 Å². The van der Waals surface area contributed by atoms with E-state index in [-0.39, 0.29) is 9.41 Å². The Balaban J connectivity index is 0.00000137. The molecule has 2 aliphatic rings. The number of hydrogen-bond donors (Lipinski definition) is 0. The predicted octanol–water partition coefficient (Wildman–Crippen LogP) is 1.55. The van der Waals surface area contributed by atoms with Crippen molar-refractivity contribution in [1.29, 1.82) is 0 Å². The van der Waals surface area contributed by atoms with Gasteiger partial charge in [0.05, 0.1) is 0 Å². The first-order valence-corrected chi connectivity index (χ1v) is 14.0. The zero-order chi connectivity index (χ0) is 21.5. The minimum atomic E-state index is -0.891. The summed E-state index contributed by atoms with van der Waals surface area (Å²) in [5.41, 5.74) is 10.1. The number of fused-ring (bicyclic) bond motifs is 2. The minimum Gasteiger partial charge on any atom is -1.00 e. The Morgan fingerprint density at radius 1 is 0.882 bits per heavy atom. The van der Waals surface area contributed by atoms with Crippen LogP contribution in [0.15, 0.2) is 106 Å². The molecule has 0 radical (unpaired) electrons. The Morgan fingerprint density at radius 2 is 1.62 bits per heavy atom. The quantitative estimate of drug-likeness (QED) is 0.371. The molecule has 0 aliphatic heterocycles. The van der Waals surface area contributed by atoms with Crippen LogP contribution in [0.2, 0.25) is 0 Å². The molecule has 0 amide bonds. The maximum atomic E-state index is 2.53. The fourth-order valence-electron chi connectivity index (χ4n) is 5.15. The Labute approximate surface area is 210 Å². The standard InChI is InChI=1S/C18H14N.C12H11.2FH.Zr/c1-13-10-16-8-4-5-9-18(16)19(13)17-11-14-6-2-3-7-15(14)12-17;1-2-6-11(7-3-1)10-12-8-4-5-9-12;;;/h2-12H,1H3;1-4,6-8H,5,10H2;2*1H;/q;;;;+2/p-2. The molecule has 1 heterocycles. The molecule has 0 saturated heterocycles. The zero-order valence-electron chi connectivity index (χ0n) is 19.0. The van der Waals surface area contributed by atoms with E-state index in [1.807, 2.05) is 0 Å². The van der Waals surface area contributed by atoms with Crippen LogP contribution in [0.5, 0.6) is 0 Å². The van der Waals surface area contributed by atoms with Crippen molar-refractivity contribution in [2.45, 2.75) is 23.4 Å².